The molecule has 5 unspecified atom stereocenters. The maximum Gasteiger partial charge on any atom is 0.310 e. The molecule has 1 aromatic rings. The lowest BCUT2D eigenvalue weighted by molar-refractivity contribution is -0.146. The Labute approximate surface area is 194 Å². The van der Waals surface area contributed by atoms with Crippen LogP contribution in [-0.4, -0.2) is 54.4 Å². The molecule has 0 aromatic heterocycles. The zero-order chi connectivity index (χ0) is 21.8. The van der Waals surface area contributed by atoms with E-state index in [2.05, 4.69) is 56.5 Å². The van der Waals surface area contributed by atoms with Crippen LogP contribution in [0.5, 0.6) is 0 Å². The molecule has 1 saturated heterocycles. The first-order valence-corrected chi connectivity index (χ1v) is 12.7. The second-order valence-electron chi connectivity index (χ2n) is 9.70. The van der Waals surface area contributed by atoms with Gasteiger partial charge >= 0.3 is 5.97 Å². The van der Waals surface area contributed by atoms with Gasteiger partial charge in [-0.05, 0) is 81.4 Å². The third kappa shape index (κ3) is 5.70. The summed E-state index contributed by atoms with van der Waals surface area (Å²) in [5.74, 6) is 1.24. The first-order valence-electron chi connectivity index (χ1n) is 11.8. The highest BCUT2D eigenvalue weighted by molar-refractivity contribution is 9.09. The van der Waals surface area contributed by atoms with Crippen molar-refractivity contribution in [3.63, 3.8) is 0 Å². The van der Waals surface area contributed by atoms with Gasteiger partial charge in [0, 0.05) is 10.9 Å². The Morgan fingerprint density at radius 3 is 2.55 bits per heavy atom. The van der Waals surface area contributed by atoms with Crippen molar-refractivity contribution in [1.82, 2.24) is 10.2 Å². The summed E-state index contributed by atoms with van der Waals surface area (Å²) in [6.07, 6.45) is 7.52. The lowest BCUT2D eigenvalue weighted by Crippen LogP contribution is -2.50. The van der Waals surface area contributed by atoms with Crippen LogP contribution in [0.2, 0.25) is 0 Å². The quantitative estimate of drug-likeness (QED) is 0.486. The van der Waals surface area contributed by atoms with E-state index in [0.29, 0.717) is 29.1 Å². The lowest BCUT2D eigenvalue weighted by Gasteiger charge is -2.34. The fraction of sp³-hybridized carbons (Fsp3) is 0.680. The lowest BCUT2D eigenvalue weighted by atomic mass is 9.80. The number of ether oxygens (including phenoxy) is 1. The summed E-state index contributed by atoms with van der Waals surface area (Å²) in [6, 6.07) is 10.6. The second-order valence-corrected chi connectivity index (χ2v) is 11.0. The van der Waals surface area contributed by atoms with Crippen LogP contribution >= 0.6 is 15.9 Å². The number of carbonyl (C=O) groups is 2. The van der Waals surface area contributed by atoms with E-state index in [9.17, 15) is 9.59 Å². The Morgan fingerprint density at radius 1 is 1.10 bits per heavy atom. The molecular formula is C25H35BrN2O3. The Bertz CT molecular complexity index is 750. The summed E-state index contributed by atoms with van der Waals surface area (Å²) in [5.41, 5.74) is 1.40. The fourth-order valence-corrected chi connectivity index (χ4v) is 6.75. The Balaban J connectivity index is 1.29. The van der Waals surface area contributed by atoms with Gasteiger partial charge in [0.05, 0.1) is 19.6 Å². The molecular weight excluding hydrogens is 456 g/mol. The van der Waals surface area contributed by atoms with Gasteiger partial charge in [0.1, 0.15) is 0 Å². The smallest absolute Gasteiger partial charge is 0.310 e. The molecule has 2 aliphatic carbocycles. The van der Waals surface area contributed by atoms with Crippen molar-refractivity contribution in [2.24, 2.45) is 23.7 Å². The van der Waals surface area contributed by atoms with Crippen molar-refractivity contribution < 1.29 is 14.3 Å². The molecule has 4 rings (SSSR count). The number of esters is 1. The molecule has 5 nitrogen and oxygen atoms in total. The minimum Gasteiger partial charge on any atom is -0.469 e. The Hall–Kier alpha value is -1.40. The van der Waals surface area contributed by atoms with E-state index in [0.717, 1.165) is 58.0 Å². The molecule has 2 saturated carbocycles. The molecule has 170 valence electrons. The number of carbonyl (C=O) groups excluding carboxylic acids is 2. The van der Waals surface area contributed by atoms with E-state index in [1.807, 2.05) is 0 Å². The predicted octanol–water partition coefficient (Wildman–Crippen LogP) is 3.80. The molecule has 3 aliphatic rings. The van der Waals surface area contributed by atoms with Gasteiger partial charge < -0.3 is 10.1 Å². The molecule has 0 bridgehead atoms. The fourth-order valence-electron chi connectivity index (χ4n) is 6.05. The number of nitrogens with zero attached hydrogens (tertiary/aromatic N) is 1. The van der Waals surface area contributed by atoms with Gasteiger partial charge in [0.25, 0.3) is 0 Å². The van der Waals surface area contributed by atoms with Crippen molar-refractivity contribution in [3.8, 4) is 0 Å². The minimum absolute atomic E-state index is 0.0535. The molecule has 1 amide bonds. The van der Waals surface area contributed by atoms with Crippen molar-refractivity contribution in [2.45, 2.75) is 55.8 Å². The van der Waals surface area contributed by atoms with Gasteiger partial charge in [-0.25, -0.2) is 0 Å². The first-order chi connectivity index (χ1) is 15.0. The topological polar surface area (TPSA) is 58.6 Å². The number of halogens is 1. The average Bonchev–Trinajstić information content (AvgIpc) is 3.12. The molecule has 3 fully saturated rings. The van der Waals surface area contributed by atoms with Crippen LogP contribution in [-0.2, 0) is 20.7 Å². The van der Waals surface area contributed by atoms with Crippen LogP contribution in [0.3, 0.4) is 0 Å². The molecule has 0 radical (unpaired) electrons. The number of benzene rings is 1. The number of piperidine rings is 1. The van der Waals surface area contributed by atoms with Crippen molar-refractivity contribution >= 4 is 27.8 Å². The van der Waals surface area contributed by atoms with Crippen molar-refractivity contribution in [2.75, 3.05) is 26.7 Å². The van der Waals surface area contributed by atoms with Crippen molar-refractivity contribution in [3.05, 3.63) is 35.9 Å². The third-order valence-corrected chi connectivity index (χ3v) is 8.54. The number of likely N-dealkylation sites (tertiary alicyclic amines) is 1. The van der Waals surface area contributed by atoms with Crippen LogP contribution in [0.15, 0.2) is 30.3 Å². The molecule has 5 atom stereocenters. The molecule has 1 aromatic carbocycles. The maximum absolute atomic E-state index is 12.9. The molecule has 0 spiro atoms. The largest absolute Gasteiger partial charge is 0.469 e. The number of hydrogen-bond acceptors (Lipinski definition) is 4. The van der Waals surface area contributed by atoms with E-state index >= 15 is 0 Å². The van der Waals surface area contributed by atoms with E-state index in [1.165, 1.54) is 12.7 Å². The molecule has 1 aliphatic heterocycles. The number of nitrogens with one attached hydrogen (secondary N) is 1. The van der Waals surface area contributed by atoms with E-state index in [1.54, 1.807) is 0 Å². The summed E-state index contributed by atoms with van der Waals surface area (Å²) < 4.78 is 5.08. The summed E-state index contributed by atoms with van der Waals surface area (Å²) in [4.78, 5) is 28.1. The number of rotatable bonds is 6. The first kappa shape index (κ1) is 22.8. The zero-order valence-electron chi connectivity index (χ0n) is 18.5. The van der Waals surface area contributed by atoms with Gasteiger partial charge in [0.15, 0.2) is 0 Å². The van der Waals surface area contributed by atoms with Crippen molar-refractivity contribution in [1.29, 1.82) is 0 Å². The van der Waals surface area contributed by atoms with Crippen LogP contribution in [0.4, 0.5) is 0 Å². The minimum atomic E-state index is -0.210. The molecule has 31 heavy (non-hydrogen) atoms. The maximum atomic E-state index is 12.9. The summed E-state index contributed by atoms with van der Waals surface area (Å²) in [7, 11) is 1.45. The predicted molar refractivity (Wildman–Crippen MR) is 125 cm³/mol. The summed E-state index contributed by atoms with van der Waals surface area (Å²) >= 11 is 3.76. The van der Waals surface area contributed by atoms with E-state index in [-0.39, 0.29) is 23.8 Å². The number of hydrogen-bond donors (Lipinski definition) is 1. The van der Waals surface area contributed by atoms with Gasteiger partial charge in [-0.2, -0.15) is 0 Å². The number of amides is 1. The van der Waals surface area contributed by atoms with E-state index < -0.39 is 0 Å². The number of fused-ring (bicyclic) bond motifs is 1. The SMILES string of the molecule is COC(=O)C1CC2CCC(Br)CC2C1NC(=O)CN1CCC(Cc2ccccc2)CC1. The van der Waals surface area contributed by atoms with Crippen LogP contribution in [0, 0.1) is 23.7 Å². The van der Waals surface area contributed by atoms with E-state index in [4.69, 9.17) is 4.74 Å². The normalized spacial score (nSPS) is 31.7. The third-order valence-electron chi connectivity index (χ3n) is 7.71. The second kappa shape index (κ2) is 10.5. The standard InChI is InChI=1S/C25H35BrN2O3/c1-31-25(30)22-14-19-7-8-20(26)15-21(19)24(22)27-23(29)16-28-11-9-18(10-12-28)13-17-5-3-2-4-6-17/h2-6,18-22,24H,7-16H2,1H3,(H,27,29). The average molecular weight is 491 g/mol. The highest BCUT2D eigenvalue weighted by atomic mass is 79.9. The Kier molecular flexibility index (Phi) is 7.70. The molecule has 1 N–H and O–H groups in total. The monoisotopic (exact) mass is 490 g/mol. The van der Waals surface area contributed by atoms with Crippen LogP contribution < -0.4 is 5.32 Å². The van der Waals surface area contributed by atoms with Gasteiger partial charge in [-0.3, -0.25) is 14.5 Å². The molecule has 6 heteroatoms. The van der Waals surface area contributed by atoms with Gasteiger partial charge in [0.2, 0.25) is 5.91 Å². The summed E-state index contributed by atoms with van der Waals surface area (Å²) in [6.45, 7) is 2.36. The summed E-state index contributed by atoms with van der Waals surface area (Å²) in [5, 5.41) is 3.26. The number of alkyl halides is 1. The molecule has 1 heterocycles. The van der Waals surface area contributed by atoms with Crippen LogP contribution in [0.1, 0.15) is 44.1 Å². The van der Waals surface area contributed by atoms with Gasteiger partial charge in [-0.15, -0.1) is 0 Å². The Morgan fingerprint density at radius 2 is 1.84 bits per heavy atom. The number of methoxy groups -OCH3 is 1. The zero-order valence-corrected chi connectivity index (χ0v) is 20.1. The van der Waals surface area contributed by atoms with Crippen LogP contribution in [0.25, 0.3) is 0 Å². The highest BCUT2D eigenvalue weighted by Gasteiger charge is 2.49. The highest BCUT2D eigenvalue weighted by Crippen LogP contribution is 2.47. The van der Waals surface area contributed by atoms with Gasteiger partial charge in [-0.1, -0.05) is 46.3 Å².